The Bertz CT molecular complexity index is 1180. The number of nitrogens with one attached hydrogen (secondary N) is 2. The number of pyridine rings is 1. The van der Waals surface area contributed by atoms with Crippen molar-refractivity contribution in [1.29, 1.82) is 0 Å². The average Bonchev–Trinajstić information content (AvgIpc) is 3.30. The quantitative estimate of drug-likeness (QED) is 0.295. The second kappa shape index (κ2) is 8.94. The van der Waals surface area contributed by atoms with Crippen LogP contribution in [0.15, 0.2) is 66.2 Å². The second-order valence-electron chi connectivity index (χ2n) is 6.78. The Labute approximate surface area is 178 Å². The van der Waals surface area contributed by atoms with Crippen molar-refractivity contribution >= 4 is 45.2 Å². The lowest BCUT2D eigenvalue weighted by Gasteiger charge is -2.11. The summed E-state index contributed by atoms with van der Waals surface area (Å²) in [4.78, 5) is 18.4. The molecule has 2 aromatic carbocycles. The molecule has 0 aliphatic rings. The van der Waals surface area contributed by atoms with Crippen LogP contribution in [0.4, 0.5) is 17.1 Å². The minimum absolute atomic E-state index is 0.248. The molecule has 0 aliphatic carbocycles. The minimum atomic E-state index is -0.248. The van der Waals surface area contributed by atoms with Gasteiger partial charge in [0.2, 0.25) is 0 Å². The Morgan fingerprint density at radius 2 is 2.07 bits per heavy atom. The molecule has 0 unspecified atom stereocenters. The predicted octanol–water partition coefficient (Wildman–Crippen LogP) is 4.86. The molecular weight excluding hydrogens is 396 g/mol. The summed E-state index contributed by atoms with van der Waals surface area (Å²) in [5.41, 5.74) is 10.5. The number of methoxy groups -OCH3 is 1. The van der Waals surface area contributed by atoms with Crippen LogP contribution in [0.1, 0.15) is 10.4 Å². The first-order valence-corrected chi connectivity index (χ1v) is 10.4. The maximum atomic E-state index is 12.8. The summed E-state index contributed by atoms with van der Waals surface area (Å²) in [5, 5.41) is 9.09. The molecule has 2 aromatic heterocycles. The van der Waals surface area contributed by atoms with E-state index >= 15 is 0 Å². The van der Waals surface area contributed by atoms with E-state index < -0.39 is 0 Å². The number of carbonyl (C=O) groups is 1. The van der Waals surface area contributed by atoms with Crippen molar-refractivity contribution in [3.8, 4) is 10.4 Å². The highest BCUT2D eigenvalue weighted by Gasteiger charge is 2.11. The van der Waals surface area contributed by atoms with Crippen LogP contribution in [0, 0.1) is 0 Å². The largest absolute Gasteiger partial charge is 0.397 e. The predicted molar refractivity (Wildman–Crippen MR) is 124 cm³/mol. The first-order valence-electron chi connectivity index (χ1n) is 9.51. The highest BCUT2D eigenvalue weighted by molar-refractivity contribution is 7.13. The maximum absolute atomic E-state index is 12.8. The van der Waals surface area contributed by atoms with E-state index in [-0.39, 0.29) is 5.91 Å². The number of ether oxygens (including phenoxy) is 1. The number of rotatable bonds is 7. The van der Waals surface area contributed by atoms with Crippen LogP contribution < -0.4 is 16.4 Å². The van der Waals surface area contributed by atoms with E-state index in [0.717, 1.165) is 27.0 Å². The van der Waals surface area contributed by atoms with Crippen LogP contribution >= 0.6 is 11.3 Å². The van der Waals surface area contributed by atoms with Crippen molar-refractivity contribution in [3.63, 3.8) is 0 Å². The van der Waals surface area contributed by atoms with Gasteiger partial charge in [-0.05, 0) is 47.3 Å². The molecule has 0 aliphatic heterocycles. The van der Waals surface area contributed by atoms with Gasteiger partial charge in [0.1, 0.15) is 0 Å². The van der Waals surface area contributed by atoms with E-state index in [1.165, 1.54) is 0 Å². The summed E-state index contributed by atoms with van der Waals surface area (Å²) < 4.78 is 5.05. The Hall–Kier alpha value is -3.42. The third-order valence-corrected chi connectivity index (χ3v) is 5.61. The number of nitrogens with zero attached hydrogens (tertiary/aromatic N) is 1. The van der Waals surface area contributed by atoms with Gasteiger partial charge in [-0.2, -0.15) is 0 Å². The Morgan fingerprint density at radius 3 is 2.87 bits per heavy atom. The molecule has 7 heteroatoms. The maximum Gasteiger partial charge on any atom is 0.257 e. The molecule has 0 saturated heterocycles. The summed E-state index contributed by atoms with van der Waals surface area (Å²) in [6.07, 6.45) is 1.58. The number of anilines is 3. The summed E-state index contributed by atoms with van der Waals surface area (Å²) in [5.74, 6) is -0.248. The minimum Gasteiger partial charge on any atom is -0.397 e. The number of nitrogen functional groups attached to an aromatic ring is 1. The molecule has 1 amide bonds. The molecule has 2 heterocycles. The van der Waals surface area contributed by atoms with Gasteiger partial charge in [-0.25, -0.2) is 0 Å². The summed E-state index contributed by atoms with van der Waals surface area (Å²) in [7, 11) is 1.67. The molecule has 0 spiro atoms. The molecule has 0 radical (unpaired) electrons. The van der Waals surface area contributed by atoms with Crippen LogP contribution in [0.5, 0.6) is 0 Å². The number of thiophene rings is 1. The van der Waals surface area contributed by atoms with E-state index in [2.05, 4.69) is 15.6 Å². The molecular formula is C23H22N4O2S. The van der Waals surface area contributed by atoms with E-state index in [4.69, 9.17) is 10.5 Å². The summed E-state index contributed by atoms with van der Waals surface area (Å²) in [6, 6.07) is 17.4. The van der Waals surface area contributed by atoms with Gasteiger partial charge >= 0.3 is 0 Å². The number of amides is 1. The fraction of sp³-hybridized carbons (Fsp3) is 0.130. The van der Waals surface area contributed by atoms with Crippen molar-refractivity contribution in [2.75, 3.05) is 36.6 Å². The smallest absolute Gasteiger partial charge is 0.257 e. The molecule has 4 rings (SSSR count). The van der Waals surface area contributed by atoms with Crippen LogP contribution in [0.2, 0.25) is 0 Å². The monoisotopic (exact) mass is 418 g/mol. The number of hydrogen-bond donors (Lipinski definition) is 3. The fourth-order valence-corrected chi connectivity index (χ4v) is 3.83. The first kappa shape index (κ1) is 19.9. The van der Waals surface area contributed by atoms with Crippen LogP contribution in [-0.2, 0) is 4.74 Å². The van der Waals surface area contributed by atoms with Gasteiger partial charge in [-0.15, -0.1) is 11.3 Å². The lowest BCUT2D eigenvalue weighted by molar-refractivity contribution is 0.102. The molecule has 0 atom stereocenters. The zero-order chi connectivity index (χ0) is 20.9. The van der Waals surface area contributed by atoms with Gasteiger partial charge in [-0.1, -0.05) is 18.2 Å². The number of hydrogen-bond acceptors (Lipinski definition) is 6. The van der Waals surface area contributed by atoms with Crippen molar-refractivity contribution in [2.24, 2.45) is 0 Å². The van der Waals surface area contributed by atoms with E-state index in [9.17, 15) is 4.79 Å². The van der Waals surface area contributed by atoms with Gasteiger partial charge in [0.15, 0.2) is 0 Å². The van der Waals surface area contributed by atoms with Crippen LogP contribution in [-0.4, -0.2) is 31.2 Å². The third kappa shape index (κ3) is 4.42. The molecule has 0 bridgehead atoms. The zero-order valence-electron chi connectivity index (χ0n) is 16.5. The standard InChI is InChI=1S/C23H22N4O2S/c1-29-9-8-25-18-6-4-15-11-17(14-26-20(15)13-18)23(28)27-21-12-16(5-7-19(21)24)22-3-2-10-30-22/h2-7,10-14,25H,8-9,24H2,1H3,(H,27,28). The van der Waals surface area contributed by atoms with E-state index in [1.54, 1.807) is 30.7 Å². The van der Waals surface area contributed by atoms with E-state index in [0.29, 0.717) is 30.1 Å². The Balaban J connectivity index is 1.53. The number of benzene rings is 2. The summed E-state index contributed by atoms with van der Waals surface area (Å²) in [6.45, 7) is 1.34. The highest BCUT2D eigenvalue weighted by atomic mass is 32.1. The topological polar surface area (TPSA) is 89.3 Å². The Morgan fingerprint density at radius 1 is 1.17 bits per heavy atom. The zero-order valence-corrected chi connectivity index (χ0v) is 17.3. The van der Waals surface area contributed by atoms with Gasteiger partial charge in [0.05, 0.1) is 29.1 Å². The molecule has 4 N–H and O–H groups in total. The normalized spacial score (nSPS) is 10.8. The highest BCUT2D eigenvalue weighted by Crippen LogP contribution is 2.30. The molecule has 4 aromatic rings. The summed E-state index contributed by atoms with van der Waals surface area (Å²) >= 11 is 1.64. The lowest BCUT2D eigenvalue weighted by Crippen LogP contribution is -2.13. The molecule has 0 fully saturated rings. The van der Waals surface area contributed by atoms with E-state index in [1.807, 2.05) is 53.9 Å². The number of aromatic nitrogens is 1. The number of fused-ring (bicyclic) bond motifs is 1. The second-order valence-corrected chi connectivity index (χ2v) is 7.73. The molecule has 30 heavy (non-hydrogen) atoms. The lowest BCUT2D eigenvalue weighted by atomic mass is 10.1. The van der Waals surface area contributed by atoms with Crippen molar-refractivity contribution in [3.05, 3.63) is 71.7 Å². The van der Waals surface area contributed by atoms with Crippen molar-refractivity contribution < 1.29 is 9.53 Å². The van der Waals surface area contributed by atoms with Gasteiger partial charge in [-0.3, -0.25) is 9.78 Å². The van der Waals surface area contributed by atoms with Gasteiger partial charge in [0, 0.05) is 35.8 Å². The number of carbonyl (C=O) groups excluding carboxylic acids is 1. The SMILES string of the molecule is COCCNc1ccc2cc(C(=O)Nc3cc(-c4cccs4)ccc3N)cnc2c1. The van der Waals surface area contributed by atoms with Crippen molar-refractivity contribution in [2.45, 2.75) is 0 Å². The average molecular weight is 419 g/mol. The molecule has 6 nitrogen and oxygen atoms in total. The molecule has 0 saturated carbocycles. The van der Waals surface area contributed by atoms with Gasteiger partial charge < -0.3 is 21.1 Å². The fourth-order valence-electron chi connectivity index (χ4n) is 3.11. The van der Waals surface area contributed by atoms with Crippen molar-refractivity contribution in [1.82, 2.24) is 4.98 Å². The third-order valence-electron chi connectivity index (χ3n) is 4.69. The first-order chi connectivity index (χ1) is 14.6. The van der Waals surface area contributed by atoms with Crippen LogP contribution in [0.3, 0.4) is 0 Å². The molecule has 152 valence electrons. The van der Waals surface area contributed by atoms with Gasteiger partial charge in [0.25, 0.3) is 5.91 Å². The van der Waals surface area contributed by atoms with Crippen LogP contribution in [0.25, 0.3) is 21.3 Å². The Kier molecular flexibility index (Phi) is 5.92. The number of nitrogens with two attached hydrogens (primary N) is 1.